The predicted octanol–water partition coefficient (Wildman–Crippen LogP) is 1.75. The van der Waals surface area contributed by atoms with Gasteiger partial charge in [0.25, 0.3) is 11.5 Å². The Kier molecular flexibility index (Phi) is 3.23. The van der Waals surface area contributed by atoms with Gasteiger partial charge in [-0.05, 0) is 30.3 Å². The van der Waals surface area contributed by atoms with Crippen molar-refractivity contribution in [2.45, 2.75) is 0 Å². The lowest BCUT2D eigenvalue weighted by molar-refractivity contribution is 0.0963. The van der Waals surface area contributed by atoms with E-state index >= 15 is 0 Å². The van der Waals surface area contributed by atoms with Gasteiger partial charge in [-0.25, -0.2) is 4.98 Å². The molecule has 2 aromatic carbocycles. The van der Waals surface area contributed by atoms with Crippen LogP contribution in [0.15, 0.2) is 59.5 Å². The van der Waals surface area contributed by atoms with Gasteiger partial charge in [0.05, 0.1) is 17.2 Å². The van der Waals surface area contributed by atoms with Crippen molar-refractivity contribution >= 4 is 16.9 Å². The van der Waals surface area contributed by atoms with Crippen molar-refractivity contribution in [3.63, 3.8) is 0 Å². The van der Waals surface area contributed by atoms with Gasteiger partial charge in [-0.15, -0.1) is 0 Å². The lowest BCUT2D eigenvalue weighted by Gasteiger charge is -2.10. The monoisotopic (exact) mass is 279 g/mol. The Bertz CT molecular complexity index is 870. The van der Waals surface area contributed by atoms with Crippen LogP contribution in [0, 0.1) is 0 Å². The Labute approximate surface area is 120 Å². The van der Waals surface area contributed by atoms with Crippen molar-refractivity contribution < 1.29 is 4.79 Å². The molecule has 0 bridgehead atoms. The third-order valence-corrected chi connectivity index (χ3v) is 3.25. The minimum atomic E-state index is -0.234. The summed E-state index contributed by atoms with van der Waals surface area (Å²) in [6, 6.07) is 14.4. The molecule has 1 aromatic heterocycles. The van der Waals surface area contributed by atoms with E-state index in [9.17, 15) is 9.59 Å². The van der Waals surface area contributed by atoms with E-state index < -0.39 is 0 Å². The van der Waals surface area contributed by atoms with Gasteiger partial charge in [0.1, 0.15) is 0 Å². The quantitative estimate of drug-likeness (QED) is 0.777. The van der Waals surface area contributed by atoms with Crippen molar-refractivity contribution in [3.05, 3.63) is 70.6 Å². The number of nitrogens with one attached hydrogen (secondary N) is 1. The number of carbonyl (C=O) groups is 1. The molecular weight excluding hydrogens is 266 g/mol. The van der Waals surface area contributed by atoms with Crippen LogP contribution in [0.3, 0.4) is 0 Å². The van der Waals surface area contributed by atoms with Gasteiger partial charge >= 0.3 is 0 Å². The van der Waals surface area contributed by atoms with Gasteiger partial charge in [-0.2, -0.15) is 0 Å². The van der Waals surface area contributed by atoms with Crippen LogP contribution in [-0.4, -0.2) is 22.5 Å². The average Bonchev–Trinajstić information content (AvgIpc) is 2.54. The molecule has 1 amide bonds. The van der Waals surface area contributed by atoms with Crippen molar-refractivity contribution in [1.29, 1.82) is 0 Å². The Balaban J connectivity index is 2.34. The van der Waals surface area contributed by atoms with Crippen LogP contribution < -0.4 is 10.9 Å². The highest BCUT2D eigenvalue weighted by atomic mass is 16.1. The number of hydrogen-bond acceptors (Lipinski definition) is 3. The number of amides is 1. The van der Waals surface area contributed by atoms with Crippen LogP contribution in [0.1, 0.15) is 10.4 Å². The average molecular weight is 279 g/mol. The first-order chi connectivity index (χ1) is 10.2. The maximum absolute atomic E-state index is 12.2. The maximum Gasteiger partial charge on any atom is 0.274 e. The van der Waals surface area contributed by atoms with Crippen molar-refractivity contribution in [1.82, 2.24) is 14.9 Å². The summed E-state index contributed by atoms with van der Waals surface area (Å²) in [5, 5.41) is 2.57. The number of carbonyl (C=O) groups excluding carboxylic acids is 1. The fraction of sp³-hybridized carbons (Fsp3) is 0.0625. The summed E-state index contributed by atoms with van der Waals surface area (Å²) in [6.07, 6.45) is 1.29. The van der Waals surface area contributed by atoms with E-state index in [0.717, 1.165) is 5.69 Å². The van der Waals surface area contributed by atoms with Crippen LogP contribution in [0.2, 0.25) is 0 Å². The van der Waals surface area contributed by atoms with Crippen molar-refractivity contribution in [2.24, 2.45) is 0 Å². The molecule has 0 unspecified atom stereocenters. The smallest absolute Gasteiger partial charge is 0.274 e. The molecule has 3 rings (SSSR count). The van der Waals surface area contributed by atoms with E-state index in [4.69, 9.17) is 0 Å². The van der Waals surface area contributed by atoms with Gasteiger partial charge in [-0.3, -0.25) is 14.2 Å². The lowest BCUT2D eigenvalue weighted by atomic mass is 10.1. The summed E-state index contributed by atoms with van der Waals surface area (Å²) in [5.41, 5.74) is 2.26. The zero-order chi connectivity index (χ0) is 14.8. The highest BCUT2D eigenvalue weighted by molar-refractivity contribution is 5.97. The first-order valence-electron chi connectivity index (χ1n) is 6.50. The lowest BCUT2D eigenvalue weighted by Crippen LogP contribution is -2.21. The van der Waals surface area contributed by atoms with Crippen molar-refractivity contribution in [3.8, 4) is 5.69 Å². The number of para-hydroxylation sites is 1. The van der Waals surface area contributed by atoms with Gasteiger partial charge in [0.2, 0.25) is 0 Å². The second-order valence-corrected chi connectivity index (χ2v) is 4.55. The molecule has 0 spiro atoms. The molecule has 0 saturated carbocycles. The number of nitrogens with zero attached hydrogens (tertiary/aromatic N) is 2. The summed E-state index contributed by atoms with van der Waals surface area (Å²) < 4.78 is 1.55. The third-order valence-electron chi connectivity index (χ3n) is 3.25. The molecule has 0 atom stereocenters. The highest BCUT2D eigenvalue weighted by Crippen LogP contribution is 2.16. The minimum absolute atomic E-state index is 0.201. The topological polar surface area (TPSA) is 64.0 Å². The minimum Gasteiger partial charge on any atom is -0.355 e. The molecule has 3 aromatic rings. The van der Waals surface area contributed by atoms with Crippen molar-refractivity contribution in [2.75, 3.05) is 7.05 Å². The van der Waals surface area contributed by atoms with Gasteiger partial charge < -0.3 is 5.32 Å². The SMILES string of the molecule is CNC(=O)c1ccc2ncc(=O)n(-c3ccccc3)c2c1. The number of benzene rings is 2. The zero-order valence-electron chi connectivity index (χ0n) is 11.4. The molecule has 1 heterocycles. The Morgan fingerprint density at radius 3 is 2.62 bits per heavy atom. The molecule has 0 aliphatic carbocycles. The van der Waals surface area contributed by atoms with E-state index in [-0.39, 0.29) is 11.5 Å². The molecule has 21 heavy (non-hydrogen) atoms. The van der Waals surface area contributed by atoms with Gasteiger partial charge in [0.15, 0.2) is 0 Å². The Morgan fingerprint density at radius 2 is 1.90 bits per heavy atom. The van der Waals surface area contributed by atoms with Crippen LogP contribution in [0.4, 0.5) is 0 Å². The normalized spacial score (nSPS) is 10.5. The molecule has 0 radical (unpaired) electrons. The first-order valence-corrected chi connectivity index (χ1v) is 6.50. The molecule has 0 fully saturated rings. The molecular formula is C16H13N3O2. The summed E-state index contributed by atoms with van der Waals surface area (Å²) in [5.74, 6) is -0.201. The first kappa shape index (κ1) is 13.1. The fourth-order valence-corrected chi connectivity index (χ4v) is 2.24. The zero-order valence-corrected chi connectivity index (χ0v) is 11.4. The predicted molar refractivity (Wildman–Crippen MR) is 80.7 cm³/mol. The Hall–Kier alpha value is -2.95. The second kappa shape index (κ2) is 5.20. The van der Waals surface area contributed by atoms with E-state index in [2.05, 4.69) is 10.3 Å². The van der Waals surface area contributed by atoms with E-state index in [1.165, 1.54) is 6.20 Å². The van der Waals surface area contributed by atoms with Crippen LogP contribution in [0.25, 0.3) is 16.7 Å². The second-order valence-electron chi connectivity index (χ2n) is 4.55. The largest absolute Gasteiger partial charge is 0.355 e. The van der Waals surface area contributed by atoms with Crippen LogP contribution in [0.5, 0.6) is 0 Å². The van der Waals surface area contributed by atoms with E-state index in [1.807, 2.05) is 30.3 Å². The van der Waals surface area contributed by atoms with Crippen LogP contribution in [-0.2, 0) is 0 Å². The van der Waals surface area contributed by atoms with Gasteiger partial charge in [-0.1, -0.05) is 18.2 Å². The molecule has 0 aliphatic heterocycles. The van der Waals surface area contributed by atoms with E-state index in [0.29, 0.717) is 16.6 Å². The number of rotatable bonds is 2. The van der Waals surface area contributed by atoms with Crippen LogP contribution >= 0.6 is 0 Å². The molecule has 5 heteroatoms. The molecule has 104 valence electrons. The van der Waals surface area contributed by atoms with E-state index in [1.54, 1.807) is 29.8 Å². The number of fused-ring (bicyclic) bond motifs is 1. The third kappa shape index (κ3) is 2.29. The fourth-order valence-electron chi connectivity index (χ4n) is 2.24. The highest BCUT2D eigenvalue weighted by Gasteiger charge is 2.10. The number of hydrogen-bond donors (Lipinski definition) is 1. The summed E-state index contributed by atoms with van der Waals surface area (Å²) in [7, 11) is 1.57. The Morgan fingerprint density at radius 1 is 1.14 bits per heavy atom. The number of aromatic nitrogens is 2. The summed E-state index contributed by atoms with van der Waals surface area (Å²) in [6.45, 7) is 0. The summed E-state index contributed by atoms with van der Waals surface area (Å²) >= 11 is 0. The molecule has 5 nitrogen and oxygen atoms in total. The maximum atomic E-state index is 12.2. The summed E-state index contributed by atoms with van der Waals surface area (Å²) in [4.78, 5) is 28.1. The standard InChI is InChI=1S/C16H13N3O2/c1-17-16(21)11-7-8-13-14(9-11)19(15(20)10-18-13)12-5-3-2-4-6-12/h2-10H,1H3,(H,17,21). The van der Waals surface area contributed by atoms with Gasteiger partial charge in [0, 0.05) is 18.3 Å². The molecule has 0 aliphatic rings. The molecule has 0 saturated heterocycles. The molecule has 1 N–H and O–H groups in total.